The van der Waals surface area contributed by atoms with Crippen LogP contribution in [0.1, 0.15) is 6.42 Å². The lowest BCUT2D eigenvalue weighted by atomic mass is 10.4. The lowest BCUT2D eigenvalue weighted by Gasteiger charge is -2.30. The highest BCUT2D eigenvalue weighted by Crippen LogP contribution is 2.11. The molecule has 1 amide bonds. The zero-order valence-electron chi connectivity index (χ0n) is 12.1. The summed E-state index contributed by atoms with van der Waals surface area (Å²) in [5, 5.41) is 9.06. The summed E-state index contributed by atoms with van der Waals surface area (Å²) in [4.78, 5) is 12.3. The quantitative estimate of drug-likeness (QED) is 0.683. The Labute approximate surface area is 112 Å². The maximum atomic E-state index is 11.0. The van der Waals surface area contributed by atoms with Crippen molar-refractivity contribution in [1.82, 2.24) is 4.90 Å². The van der Waals surface area contributed by atoms with E-state index in [9.17, 15) is 4.79 Å². The Hall–Kier alpha value is -0.416. The van der Waals surface area contributed by atoms with Gasteiger partial charge in [0, 0.05) is 27.9 Å². The Morgan fingerprint density at radius 1 is 1.33 bits per heavy atom. The van der Waals surface area contributed by atoms with Crippen molar-refractivity contribution < 1.29 is 23.2 Å². The number of carbonyl (C=O) groups is 1. The number of hydrogen-bond acceptors (Lipinski definition) is 4. The van der Waals surface area contributed by atoms with Gasteiger partial charge in [0.05, 0.1) is 5.67 Å². The monoisotopic (exact) mass is 295 g/mol. The number of rotatable bonds is 8. The van der Waals surface area contributed by atoms with Crippen LogP contribution in [0.4, 0.5) is 4.79 Å². The molecule has 0 heterocycles. The van der Waals surface area contributed by atoms with Crippen molar-refractivity contribution in [2.75, 3.05) is 27.9 Å². The van der Waals surface area contributed by atoms with Crippen molar-refractivity contribution >= 4 is 23.7 Å². The lowest BCUT2D eigenvalue weighted by molar-refractivity contribution is 0.130. The van der Waals surface area contributed by atoms with Crippen LogP contribution in [0.2, 0.25) is 19.6 Å². The van der Waals surface area contributed by atoms with E-state index in [0.717, 1.165) is 0 Å². The van der Waals surface area contributed by atoms with E-state index in [2.05, 4.69) is 19.6 Å². The van der Waals surface area contributed by atoms with E-state index in [1.165, 1.54) is 4.90 Å². The predicted octanol–water partition coefficient (Wildman–Crippen LogP) is 1.26. The van der Waals surface area contributed by atoms with Crippen LogP contribution in [0.3, 0.4) is 0 Å². The molecule has 0 aliphatic rings. The molecular weight excluding hydrogens is 270 g/mol. The molecule has 0 saturated carbocycles. The Morgan fingerprint density at radius 2 is 1.83 bits per heavy atom. The average molecular weight is 295 g/mol. The molecule has 0 radical (unpaired) electrons. The van der Waals surface area contributed by atoms with Crippen molar-refractivity contribution in [2.24, 2.45) is 0 Å². The summed E-state index contributed by atoms with van der Waals surface area (Å²) in [7, 11) is 1.06. The van der Waals surface area contributed by atoms with Crippen LogP contribution in [0.25, 0.3) is 0 Å². The highest BCUT2D eigenvalue weighted by molar-refractivity contribution is 6.69. The maximum absolute atomic E-state index is 11.0. The molecule has 1 N–H and O–H groups in total. The molecule has 18 heavy (non-hydrogen) atoms. The Balaban J connectivity index is 4.52. The normalized spacial score (nSPS) is 13.7. The fourth-order valence-corrected chi connectivity index (χ4v) is 4.00. The van der Waals surface area contributed by atoms with Crippen molar-refractivity contribution in [3.63, 3.8) is 0 Å². The fourth-order valence-electron chi connectivity index (χ4n) is 1.55. The topological polar surface area (TPSA) is 68.2 Å². The molecule has 0 aromatic heterocycles. The molecule has 0 aliphatic carbocycles. The molecule has 0 spiro atoms. The molecule has 0 fully saturated rings. The third-order valence-corrected chi connectivity index (χ3v) is 5.93. The van der Waals surface area contributed by atoms with Gasteiger partial charge in [-0.15, -0.1) is 0 Å². The molecule has 0 aromatic rings. The van der Waals surface area contributed by atoms with Gasteiger partial charge >= 0.3 is 15.4 Å². The summed E-state index contributed by atoms with van der Waals surface area (Å²) in [5.74, 6) is 0. The van der Waals surface area contributed by atoms with Gasteiger partial charge in [0.1, 0.15) is 0 Å². The van der Waals surface area contributed by atoms with Gasteiger partial charge in [0.25, 0.3) is 0 Å². The molecule has 6 nitrogen and oxygen atoms in total. The van der Waals surface area contributed by atoms with Gasteiger partial charge in [-0.2, -0.15) is 0 Å². The summed E-state index contributed by atoms with van der Waals surface area (Å²) in [6.07, 6.45) is -0.370. The summed E-state index contributed by atoms with van der Waals surface area (Å²) >= 11 is 0. The van der Waals surface area contributed by atoms with E-state index in [4.69, 9.17) is 18.4 Å². The SMILES string of the molecule is CO[SiH](OC)C(CCO[Si](C)(C)C)N(C)C(=O)O. The van der Waals surface area contributed by atoms with E-state index < -0.39 is 23.7 Å². The van der Waals surface area contributed by atoms with Gasteiger partial charge in [-0.25, -0.2) is 4.79 Å². The number of hydrogen-bond donors (Lipinski definition) is 1. The van der Waals surface area contributed by atoms with Crippen LogP contribution >= 0.6 is 0 Å². The summed E-state index contributed by atoms with van der Waals surface area (Å²) in [5.41, 5.74) is -0.242. The molecule has 0 aliphatic heterocycles. The van der Waals surface area contributed by atoms with E-state index in [-0.39, 0.29) is 5.67 Å². The molecule has 0 saturated heterocycles. The summed E-state index contributed by atoms with van der Waals surface area (Å²) in [6, 6.07) is 0. The second-order valence-corrected chi connectivity index (χ2v) is 12.0. The van der Waals surface area contributed by atoms with Gasteiger partial charge in [-0.05, 0) is 26.1 Å². The van der Waals surface area contributed by atoms with Crippen molar-refractivity contribution in [2.45, 2.75) is 31.7 Å². The van der Waals surface area contributed by atoms with Gasteiger partial charge in [-0.3, -0.25) is 0 Å². The van der Waals surface area contributed by atoms with Crippen molar-refractivity contribution in [3.05, 3.63) is 0 Å². The second kappa shape index (κ2) is 7.90. The molecule has 0 bridgehead atoms. The zero-order chi connectivity index (χ0) is 14.3. The first-order chi connectivity index (χ1) is 8.22. The molecule has 1 atom stereocenters. The first-order valence-electron chi connectivity index (χ1n) is 5.88. The minimum Gasteiger partial charge on any atom is -0.465 e. The van der Waals surface area contributed by atoms with E-state index >= 15 is 0 Å². The molecule has 108 valence electrons. The number of carboxylic acid groups (broad SMARTS) is 1. The van der Waals surface area contributed by atoms with Crippen molar-refractivity contribution in [1.29, 1.82) is 0 Å². The molecule has 1 unspecified atom stereocenters. The third kappa shape index (κ3) is 6.50. The van der Waals surface area contributed by atoms with Crippen LogP contribution in [0.15, 0.2) is 0 Å². The van der Waals surface area contributed by atoms with E-state index in [1.54, 1.807) is 21.3 Å². The average Bonchev–Trinajstić information content (AvgIpc) is 2.25. The Kier molecular flexibility index (Phi) is 7.71. The van der Waals surface area contributed by atoms with Crippen LogP contribution in [0, 0.1) is 0 Å². The zero-order valence-corrected chi connectivity index (χ0v) is 14.3. The predicted molar refractivity (Wildman–Crippen MR) is 74.7 cm³/mol. The first kappa shape index (κ1) is 17.6. The first-order valence-corrected chi connectivity index (χ1v) is 10.9. The highest BCUT2D eigenvalue weighted by atomic mass is 28.4. The molecule has 0 aromatic carbocycles. The number of amides is 1. The van der Waals surface area contributed by atoms with E-state index in [1.807, 2.05) is 0 Å². The van der Waals surface area contributed by atoms with Crippen LogP contribution in [-0.2, 0) is 13.3 Å². The number of nitrogens with zero attached hydrogens (tertiary/aromatic N) is 1. The minimum atomic E-state index is -2.03. The fraction of sp³-hybridized carbons (Fsp3) is 0.900. The minimum absolute atomic E-state index is 0.242. The summed E-state index contributed by atoms with van der Waals surface area (Å²) in [6.45, 7) is 6.84. The highest BCUT2D eigenvalue weighted by Gasteiger charge is 2.31. The Morgan fingerprint density at radius 3 is 2.17 bits per heavy atom. The largest absolute Gasteiger partial charge is 0.465 e. The van der Waals surface area contributed by atoms with Crippen LogP contribution in [-0.4, -0.2) is 67.2 Å². The van der Waals surface area contributed by atoms with Gasteiger partial charge in [0.15, 0.2) is 8.32 Å². The lowest BCUT2D eigenvalue weighted by Crippen LogP contribution is -2.50. The van der Waals surface area contributed by atoms with Crippen LogP contribution in [0.5, 0.6) is 0 Å². The molecule has 8 heteroatoms. The van der Waals surface area contributed by atoms with Gasteiger partial charge in [0.2, 0.25) is 0 Å². The smallest absolute Gasteiger partial charge is 0.407 e. The van der Waals surface area contributed by atoms with E-state index in [0.29, 0.717) is 13.0 Å². The third-order valence-electron chi connectivity index (χ3n) is 2.53. The van der Waals surface area contributed by atoms with Gasteiger partial charge in [-0.1, -0.05) is 0 Å². The second-order valence-electron chi connectivity index (χ2n) is 5.05. The van der Waals surface area contributed by atoms with Crippen LogP contribution < -0.4 is 0 Å². The Bertz CT molecular complexity index is 255. The standard InChI is InChI=1S/C10H25NO5Si2/c1-11(10(12)13)9(17(14-2)15-3)7-8-16-18(4,5)6/h9,17H,7-8H2,1-6H3,(H,12,13). The van der Waals surface area contributed by atoms with Crippen molar-refractivity contribution in [3.8, 4) is 0 Å². The summed E-state index contributed by atoms with van der Waals surface area (Å²) < 4.78 is 16.3. The maximum Gasteiger partial charge on any atom is 0.407 e. The molecular formula is C10H25NO5Si2. The molecule has 0 rings (SSSR count). The van der Waals surface area contributed by atoms with Gasteiger partial charge < -0.3 is 23.3 Å².